The van der Waals surface area contributed by atoms with Gasteiger partial charge in [-0.15, -0.1) is 0 Å². The highest BCUT2D eigenvalue weighted by Gasteiger charge is 2.03. The van der Waals surface area contributed by atoms with Crippen LogP contribution in [0.1, 0.15) is 5.56 Å². The average Bonchev–Trinajstić information content (AvgIpc) is 2.75. The van der Waals surface area contributed by atoms with Crippen LogP contribution in [0.25, 0.3) is 16.6 Å². The highest BCUT2D eigenvalue weighted by atomic mass is 15.0. The minimum atomic E-state index is 1.21. The van der Waals surface area contributed by atoms with Crippen molar-refractivity contribution in [3.63, 3.8) is 0 Å². The Balaban J connectivity index is 2.30. The van der Waals surface area contributed by atoms with Crippen LogP contribution >= 0.6 is 0 Å². The molecule has 78 valence electrons. The summed E-state index contributed by atoms with van der Waals surface area (Å²) >= 11 is 0. The van der Waals surface area contributed by atoms with Gasteiger partial charge in [-0.1, -0.05) is 30.3 Å². The SMILES string of the molecule is Cc1cccc2c1ccn2-c1ccccc1. The van der Waals surface area contributed by atoms with Gasteiger partial charge in [-0.05, 0) is 36.8 Å². The van der Waals surface area contributed by atoms with E-state index in [4.69, 9.17) is 0 Å². The highest BCUT2D eigenvalue weighted by Crippen LogP contribution is 2.22. The van der Waals surface area contributed by atoms with Crippen LogP contribution in [0.3, 0.4) is 0 Å². The molecule has 0 saturated heterocycles. The lowest BCUT2D eigenvalue weighted by Gasteiger charge is -2.05. The van der Waals surface area contributed by atoms with Crippen LogP contribution in [0.2, 0.25) is 0 Å². The maximum atomic E-state index is 2.22. The molecule has 0 bridgehead atoms. The van der Waals surface area contributed by atoms with Crippen molar-refractivity contribution in [2.45, 2.75) is 6.92 Å². The number of para-hydroxylation sites is 1. The van der Waals surface area contributed by atoms with E-state index < -0.39 is 0 Å². The summed E-state index contributed by atoms with van der Waals surface area (Å²) in [6, 6.07) is 19.0. The van der Waals surface area contributed by atoms with Gasteiger partial charge in [0, 0.05) is 17.3 Å². The van der Waals surface area contributed by atoms with Crippen molar-refractivity contribution in [1.29, 1.82) is 0 Å². The van der Waals surface area contributed by atoms with Crippen molar-refractivity contribution in [3.8, 4) is 5.69 Å². The molecule has 0 atom stereocenters. The molecule has 0 aliphatic carbocycles. The van der Waals surface area contributed by atoms with Gasteiger partial charge in [0.05, 0.1) is 5.52 Å². The van der Waals surface area contributed by atoms with Crippen LogP contribution in [0.4, 0.5) is 0 Å². The summed E-state index contributed by atoms with van der Waals surface area (Å²) in [6.45, 7) is 2.15. The van der Waals surface area contributed by atoms with Gasteiger partial charge in [0.15, 0.2) is 0 Å². The molecule has 0 aliphatic heterocycles. The average molecular weight is 207 g/mol. The summed E-state index contributed by atoms with van der Waals surface area (Å²) in [5.41, 5.74) is 3.81. The molecule has 1 heteroatoms. The predicted octanol–water partition coefficient (Wildman–Crippen LogP) is 3.94. The Bertz CT molecular complexity index is 620. The molecule has 0 N–H and O–H groups in total. The van der Waals surface area contributed by atoms with Gasteiger partial charge in [-0.25, -0.2) is 0 Å². The Morgan fingerprint density at radius 1 is 0.812 bits per heavy atom. The van der Waals surface area contributed by atoms with E-state index >= 15 is 0 Å². The van der Waals surface area contributed by atoms with Crippen LogP contribution in [-0.2, 0) is 0 Å². The molecule has 1 heterocycles. The van der Waals surface area contributed by atoms with Gasteiger partial charge in [0.2, 0.25) is 0 Å². The van der Waals surface area contributed by atoms with E-state index in [-0.39, 0.29) is 0 Å². The highest BCUT2D eigenvalue weighted by molar-refractivity contribution is 5.85. The van der Waals surface area contributed by atoms with Gasteiger partial charge in [0.25, 0.3) is 0 Å². The fourth-order valence-corrected chi connectivity index (χ4v) is 2.14. The van der Waals surface area contributed by atoms with Crippen molar-refractivity contribution in [1.82, 2.24) is 4.57 Å². The van der Waals surface area contributed by atoms with Crippen LogP contribution in [0.5, 0.6) is 0 Å². The number of hydrogen-bond acceptors (Lipinski definition) is 0. The van der Waals surface area contributed by atoms with Crippen LogP contribution < -0.4 is 0 Å². The lowest BCUT2D eigenvalue weighted by Crippen LogP contribution is -1.90. The van der Waals surface area contributed by atoms with Gasteiger partial charge in [-0.2, -0.15) is 0 Å². The number of hydrogen-bond donors (Lipinski definition) is 0. The molecule has 2 aromatic carbocycles. The Hall–Kier alpha value is -2.02. The standard InChI is InChI=1S/C15H13N/c1-12-6-5-9-15-14(12)10-11-16(15)13-7-3-2-4-8-13/h2-11H,1H3. The second-order valence-electron chi connectivity index (χ2n) is 4.03. The van der Waals surface area contributed by atoms with E-state index in [1.54, 1.807) is 0 Å². The van der Waals surface area contributed by atoms with Crippen LogP contribution in [0.15, 0.2) is 60.8 Å². The van der Waals surface area contributed by atoms with Crippen molar-refractivity contribution >= 4 is 10.9 Å². The quantitative estimate of drug-likeness (QED) is 0.569. The fraction of sp³-hybridized carbons (Fsp3) is 0.0667. The van der Waals surface area contributed by atoms with Crippen LogP contribution in [-0.4, -0.2) is 4.57 Å². The number of rotatable bonds is 1. The largest absolute Gasteiger partial charge is 0.317 e. The third-order valence-corrected chi connectivity index (χ3v) is 2.99. The van der Waals surface area contributed by atoms with Gasteiger partial charge < -0.3 is 4.57 Å². The smallest absolute Gasteiger partial charge is 0.0531 e. The van der Waals surface area contributed by atoms with Crippen molar-refractivity contribution in [2.75, 3.05) is 0 Å². The fourth-order valence-electron chi connectivity index (χ4n) is 2.14. The lowest BCUT2D eigenvalue weighted by atomic mass is 10.1. The summed E-state index contributed by atoms with van der Waals surface area (Å²) < 4.78 is 2.22. The molecular formula is C15H13N. The summed E-state index contributed by atoms with van der Waals surface area (Å²) in [7, 11) is 0. The van der Waals surface area contributed by atoms with Crippen molar-refractivity contribution in [3.05, 3.63) is 66.4 Å². The van der Waals surface area contributed by atoms with Gasteiger partial charge in [-0.3, -0.25) is 0 Å². The number of aromatic nitrogens is 1. The maximum absolute atomic E-state index is 2.22. The lowest BCUT2D eigenvalue weighted by molar-refractivity contribution is 1.13. The molecule has 1 nitrogen and oxygen atoms in total. The first-order valence-electron chi connectivity index (χ1n) is 5.48. The Morgan fingerprint density at radius 3 is 2.44 bits per heavy atom. The first kappa shape index (κ1) is 9.22. The van der Waals surface area contributed by atoms with E-state index in [0.29, 0.717) is 0 Å². The molecule has 0 unspecified atom stereocenters. The van der Waals surface area contributed by atoms with E-state index in [9.17, 15) is 0 Å². The zero-order chi connectivity index (χ0) is 11.0. The van der Waals surface area contributed by atoms with Gasteiger partial charge in [0.1, 0.15) is 0 Å². The molecular weight excluding hydrogens is 194 g/mol. The maximum Gasteiger partial charge on any atom is 0.0531 e. The van der Waals surface area contributed by atoms with Crippen molar-refractivity contribution in [2.24, 2.45) is 0 Å². The van der Waals surface area contributed by atoms with E-state index in [2.05, 4.69) is 66.2 Å². The molecule has 0 radical (unpaired) electrons. The van der Waals surface area contributed by atoms with E-state index in [0.717, 1.165) is 0 Å². The molecule has 3 aromatic rings. The molecule has 0 fully saturated rings. The predicted molar refractivity (Wildman–Crippen MR) is 68.0 cm³/mol. The minimum absolute atomic E-state index is 1.21. The molecule has 1 aromatic heterocycles. The molecule has 0 spiro atoms. The molecule has 16 heavy (non-hydrogen) atoms. The monoisotopic (exact) mass is 207 g/mol. The molecule has 0 amide bonds. The third-order valence-electron chi connectivity index (χ3n) is 2.99. The Morgan fingerprint density at radius 2 is 1.62 bits per heavy atom. The normalized spacial score (nSPS) is 10.8. The number of aryl methyl sites for hydroxylation is 1. The number of fused-ring (bicyclic) bond motifs is 1. The number of benzene rings is 2. The van der Waals surface area contributed by atoms with Gasteiger partial charge >= 0.3 is 0 Å². The first-order valence-corrected chi connectivity index (χ1v) is 5.48. The first-order chi connectivity index (χ1) is 7.86. The molecule has 0 saturated carbocycles. The minimum Gasteiger partial charge on any atom is -0.317 e. The van der Waals surface area contributed by atoms with Crippen molar-refractivity contribution < 1.29 is 0 Å². The van der Waals surface area contributed by atoms with E-state index in [1.165, 1.54) is 22.2 Å². The van der Waals surface area contributed by atoms with E-state index in [1.807, 2.05) is 6.07 Å². The number of nitrogens with zero attached hydrogens (tertiary/aromatic N) is 1. The summed E-state index contributed by atoms with van der Waals surface area (Å²) in [4.78, 5) is 0. The second-order valence-corrected chi connectivity index (χ2v) is 4.03. The summed E-state index contributed by atoms with van der Waals surface area (Å²) in [6.07, 6.45) is 2.13. The summed E-state index contributed by atoms with van der Waals surface area (Å²) in [5, 5.41) is 1.33. The van der Waals surface area contributed by atoms with Crippen LogP contribution in [0, 0.1) is 6.92 Å². The molecule has 3 rings (SSSR count). The Labute approximate surface area is 95.0 Å². The zero-order valence-electron chi connectivity index (χ0n) is 9.22. The second kappa shape index (κ2) is 3.53. The summed E-state index contributed by atoms with van der Waals surface area (Å²) in [5.74, 6) is 0. The molecule has 0 aliphatic rings. The Kier molecular flexibility index (Phi) is 2.03. The zero-order valence-corrected chi connectivity index (χ0v) is 9.22. The third kappa shape index (κ3) is 1.33. The topological polar surface area (TPSA) is 4.93 Å².